The average Bonchev–Trinajstić information content (AvgIpc) is 2.18. The van der Waals surface area contributed by atoms with Gasteiger partial charge < -0.3 is 4.43 Å². The zero-order valence-corrected chi connectivity index (χ0v) is 10.4. The predicted molar refractivity (Wildman–Crippen MR) is 63.8 cm³/mol. The van der Waals surface area contributed by atoms with Crippen molar-refractivity contribution < 1.29 is 4.43 Å². The molecule has 3 radical (unpaired) electrons. The molecule has 2 atom stereocenters. The van der Waals surface area contributed by atoms with Gasteiger partial charge in [-0.1, -0.05) is 38.1 Å². The molecular formula is C11H15OSSi. The summed E-state index contributed by atoms with van der Waals surface area (Å²) < 4.78 is 4.98. The van der Waals surface area contributed by atoms with Crippen molar-refractivity contribution >= 4 is 23.1 Å². The molecule has 0 saturated heterocycles. The van der Waals surface area contributed by atoms with Gasteiger partial charge in [0, 0.05) is 5.25 Å². The Hall–Kier alpha value is -0.253. The largest absolute Gasteiger partial charge is 0.414 e. The van der Waals surface area contributed by atoms with E-state index in [1.165, 1.54) is 11.1 Å². The van der Waals surface area contributed by atoms with E-state index in [0.29, 0.717) is 17.8 Å². The Morgan fingerprint density at radius 2 is 2.00 bits per heavy atom. The van der Waals surface area contributed by atoms with E-state index in [9.17, 15) is 0 Å². The van der Waals surface area contributed by atoms with Crippen LogP contribution in [-0.2, 0) is 11.0 Å². The van der Waals surface area contributed by atoms with E-state index in [1.807, 2.05) is 6.07 Å². The standard InChI is InChI=1S/C11H15OSSi/c1-8(9(2)13)11-6-4-3-5-10(11)7-12-14/h3-6,8-9,13H,7H2,1-2H3. The second-order valence-corrected chi connectivity index (χ2v) is 4.62. The van der Waals surface area contributed by atoms with E-state index in [0.717, 1.165) is 0 Å². The SMILES string of the molecule is CC(S)C(C)c1ccccc1CO[Si]. The highest BCUT2D eigenvalue weighted by atomic mass is 32.1. The molecule has 0 amide bonds. The number of hydrogen-bond acceptors (Lipinski definition) is 2. The highest BCUT2D eigenvalue weighted by Crippen LogP contribution is 2.25. The van der Waals surface area contributed by atoms with Crippen molar-refractivity contribution in [3.05, 3.63) is 35.4 Å². The molecule has 0 bridgehead atoms. The fourth-order valence-electron chi connectivity index (χ4n) is 1.45. The minimum atomic E-state index is 0.353. The number of rotatable bonds is 4. The lowest BCUT2D eigenvalue weighted by molar-refractivity contribution is 0.336. The highest BCUT2D eigenvalue weighted by molar-refractivity contribution is 7.81. The zero-order valence-electron chi connectivity index (χ0n) is 8.53. The van der Waals surface area contributed by atoms with E-state index < -0.39 is 0 Å². The summed E-state index contributed by atoms with van der Waals surface area (Å²) >= 11 is 4.47. The van der Waals surface area contributed by atoms with Gasteiger partial charge in [0.15, 0.2) is 0 Å². The Labute approximate surface area is 94.8 Å². The third kappa shape index (κ3) is 2.87. The first kappa shape index (κ1) is 11.8. The maximum absolute atomic E-state index is 4.98. The monoisotopic (exact) mass is 223 g/mol. The molecule has 3 heteroatoms. The Bertz CT molecular complexity index is 288. The fraction of sp³-hybridized carbons (Fsp3) is 0.455. The van der Waals surface area contributed by atoms with Crippen molar-refractivity contribution in [2.45, 2.75) is 31.6 Å². The van der Waals surface area contributed by atoms with E-state index in [4.69, 9.17) is 4.43 Å². The quantitative estimate of drug-likeness (QED) is 0.610. The lowest BCUT2D eigenvalue weighted by Gasteiger charge is -2.18. The summed E-state index contributed by atoms with van der Waals surface area (Å²) in [6, 6.07) is 8.30. The summed E-state index contributed by atoms with van der Waals surface area (Å²) in [5.41, 5.74) is 2.53. The van der Waals surface area contributed by atoms with Crippen LogP contribution >= 0.6 is 12.6 Å². The molecule has 1 rings (SSSR count). The van der Waals surface area contributed by atoms with Crippen LogP contribution < -0.4 is 0 Å². The molecule has 0 aromatic heterocycles. The Balaban J connectivity index is 2.94. The third-order valence-corrected chi connectivity index (χ3v) is 3.09. The lowest BCUT2D eigenvalue weighted by atomic mass is 9.94. The second kappa shape index (κ2) is 5.58. The first-order valence-electron chi connectivity index (χ1n) is 4.71. The molecule has 0 aliphatic rings. The molecule has 0 heterocycles. The van der Waals surface area contributed by atoms with Crippen LogP contribution in [0.15, 0.2) is 24.3 Å². The summed E-state index contributed by atoms with van der Waals surface area (Å²) in [5.74, 6) is 0.441. The van der Waals surface area contributed by atoms with Gasteiger partial charge >= 0.3 is 0 Å². The van der Waals surface area contributed by atoms with Crippen LogP contribution in [0.25, 0.3) is 0 Å². The van der Waals surface area contributed by atoms with Crippen molar-refractivity contribution in [1.82, 2.24) is 0 Å². The highest BCUT2D eigenvalue weighted by Gasteiger charge is 2.13. The molecule has 0 N–H and O–H groups in total. The molecule has 14 heavy (non-hydrogen) atoms. The second-order valence-electron chi connectivity index (χ2n) is 3.52. The van der Waals surface area contributed by atoms with Gasteiger partial charge in [-0.15, -0.1) is 0 Å². The first-order valence-corrected chi connectivity index (χ1v) is 5.63. The molecule has 0 aliphatic heterocycles. The van der Waals surface area contributed by atoms with E-state index >= 15 is 0 Å². The molecular weight excluding hydrogens is 208 g/mol. The minimum Gasteiger partial charge on any atom is -0.414 e. The number of thiol groups is 1. The molecule has 0 aliphatic carbocycles. The topological polar surface area (TPSA) is 9.23 Å². The Morgan fingerprint density at radius 3 is 2.57 bits per heavy atom. The summed E-state index contributed by atoms with van der Waals surface area (Å²) in [6.45, 7) is 4.89. The predicted octanol–water partition coefficient (Wildman–Crippen LogP) is 2.71. The number of hydrogen-bond donors (Lipinski definition) is 1. The van der Waals surface area contributed by atoms with Crippen LogP contribution in [0.5, 0.6) is 0 Å². The van der Waals surface area contributed by atoms with Gasteiger partial charge in [0.2, 0.25) is 10.5 Å². The van der Waals surface area contributed by atoms with Crippen LogP contribution in [0.1, 0.15) is 30.9 Å². The third-order valence-electron chi connectivity index (χ3n) is 2.50. The van der Waals surface area contributed by atoms with Gasteiger partial charge in [-0.2, -0.15) is 12.6 Å². The molecule has 75 valence electrons. The smallest absolute Gasteiger partial charge is 0.246 e. The summed E-state index contributed by atoms with van der Waals surface area (Å²) in [4.78, 5) is 0. The number of benzene rings is 1. The lowest BCUT2D eigenvalue weighted by Crippen LogP contribution is -2.08. The molecule has 0 spiro atoms. The molecule has 1 nitrogen and oxygen atoms in total. The zero-order chi connectivity index (χ0) is 10.6. The molecule has 0 saturated carbocycles. The summed E-state index contributed by atoms with van der Waals surface area (Å²) in [6.07, 6.45) is 0. The minimum absolute atomic E-state index is 0.353. The van der Waals surface area contributed by atoms with E-state index in [1.54, 1.807) is 0 Å². The van der Waals surface area contributed by atoms with Gasteiger partial charge in [0.25, 0.3) is 0 Å². The van der Waals surface area contributed by atoms with E-state index in [2.05, 4.69) is 55.2 Å². The van der Waals surface area contributed by atoms with Gasteiger partial charge in [0.05, 0.1) is 6.61 Å². The Morgan fingerprint density at radius 1 is 1.36 bits per heavy atom. The van der Waals surface area contributed by atoms with Crippen LogP contribution in [0.4, 0.5) is 0 Å². The van der Waals surface area contributed by atoms with E-state index in [-0.39, 0.29) is 0 Å². The van der Waals surface area contributed by atoms with Crippen molar-refractivity contribution in [3.8, 4) is 0 Å². The van der Waals surface area contributed by atoms with Crippen LogP contribution in [-0.4, -0.2) is 15.7 Å². The van der Waals surface area contributed by atoms with Crippen molar-refractivity contribution in [1.29, 1.82) is 0 Å². The van der Waals surface area contributed by atoms with Crippen molar-refractivity contribution in [2.24, 2.45) is 0 Å². The maximum Gasteiger partial charge on any atom is 0.246 e. The van der Waals surface area contributed by atoms with Gasteiger partial charge in [-0.05, 0) is 17.0 Å². The fourth-order valence-corrected chi connectivity index (χ4v) is 1.76. The first-order chi connectivity index (χ1) is 6.66. The summed E-state index contributed by atoms with van der Waals surface area (Å²) in [7, 11) is 3.03. The van der Waals surface area contributed by atoms with Gasteiger partial charge in [-0.25, -0.2) is 0 Å². The molecule has 1 aromatic rings. The van der Waals surface area contributed by atoms with Crippen LogP contribution in [0.2, 0.25) is 0 Å². The Kier molecular flexibility index (Phi) is 4.71. The normalized spacial score (nSPS) is 15.1. The van der Waals surface area contributed by atoms with Crippen LogP contribution in [0.3, 0.4) is 0 Å². The summed E-state index contributed by atoms with van der Waals surface area (Å²) in [5, 5.41) is 0.353. The van der Waals surface area contributed by atoms with Gasteiger partial charge in [0.1, 0.15) is 0 Å². The van der Waals surface area contributed by atoms with Crippen molar-refractivity contribution in [3.63, 3.8) is 0 Å². The van der Waals surface area contributed by atoms with Crippen LogP contribution in [0, 0.1) is 0 Å². The average molecular weight is 223 g/mol. The molecule has 2 unspecified atom stereocenters. The van der Waals surface area contributed by atoms with Gasteiger partial charge in [-0.3, -0.25) is 0 Å². The molecule has 0 fully saturated rings. The molecule has 1 aromatic carbocycles. The maximum atomic E-state index is 4.98. The van der Waals surface area contributed by atoms with Crippen molar-refractivity contribution in [2.75, 3.05) is 0 Å².